The third-order valence-electron chi connectivity index (χ3n) is 3.26. The zero-order chi connectivity index (χ0) is 12.8. The predicted octanol–water partition coefficient (Wildman–Crippen LogP) is 3.49. The molecule has 2 nitrogen and oxygen atoms in total. The Morgan fingerprint density at radius 1 is 1.39 bits per heavy atom. The first kappa shape index (κ1) is 14.0. The van der Waals surface area contributed by atoms with Crippen molar-refractivity contribution >= 4 is 15.9 Å². The molecule has 0 aromatic heterocycles. The molecule has 1 fully saturated rings. The molecule has 18 heavy (non-hydrogen) atoms. The maximum absolute atomic E-state index is 13.1. The van der Waals surface area contributed by atoms with Crippen LogP contribution < -0.4 is 5.32 Å². The summed E-state index contributed by atoms with van der Waals surface area (Å²) in [6.45, 7) is 3.49. The maximum Gasteiger partial charge on any atom is 0.124 e. The molecule has 1 aromatic rings. The van der Waals surface area contributed by atoms with E-state index in [-0.39, 0.29) is 5.82 Å². The van der Waals surface area contributed by atoms with E-state index in [4.69, 9.17) is 4.74 Å². The topological polar surface area (TPSA) is 21.3 Å². The number of nitrogens with one attached hydrogen (secondary N) is 1. The zero-order valence-corrected chi connectivity index (χ0v) is 12.0. The van der Waals surface area contributed by atoms with Gasteiger partial charge < -0.3 is 10.1 Å². The number of halogens is 2. The summed E-state index contributed by atoms with van der Waals surface area (Å²) in [5.74, 6) is 0.512. The minimum atomic E-state index is -0.223. The number of ether oxygens (including phenoxy) is 1. The smallest absolute Gasteiger partial charge is 0.124 e. The first-order valence-corrected chi connectivity index (χ1v) is 7.27. The molecule has 1 N–H and O–H groups in total. The molecule has 0 aliphatic carbocycles. The molecule has 0 spiro atoms. The van der Waals surface area contributed by atoms with E-state index in [0.717, 1.165) is 42.1 Å². The molecule has 1 aliphatic rings. The van der Waals surface area contributed by atoms with Crippen LogP contribution in [-0.2, 0) is 11.3 Å². The fourth-order valence-corrected chi connectivity index (χ4v) is 2.82. The van der Waals surface area contributed by atoms with Crippen molar-refractivity contribution in [2.45, 2.75) is 25.9 Å². The number of rotatable bonds is 5. The van der Waals surface area contributed by atoms with Crippen molar-refractivity contribution in [3.63, 3.8) is 0 Å². The molecule has 0 radical (unpaired) electrons. The molecule has 0 bridgehead atoms. The van der Waals surface area contributed by atoms with Gasteiger partial charge in [-0.05, 0) is 62.0 Å². The molecule has 4 heteroatoms. The van der Waals surface area contributed by atoms with Crippen LogP contribution in [0.4, 0.5) is 4.39 Å². The molecular formula is C14H19BrFNO. The van der Waals surface area contributed by atoms with Gasteiger partial charge >= 0.3 is 0 Å². The van der Waals surface area contributed by atoms with Gasteiger partial charge in [0, 0.05) is 11.1 Å². The lowest BCUT2D eigenvalue weighted by atomic mass is 9.97. The van der Waals surface area contributed by atoms with Crippen molar-refractivity contribution in [1.29, 1.82) is 0 Å². The molecule has 1 unspecified atom stereocenters. The SMILES string of the molecule is Fc1cc(Br)cc(COCCC2CCCNC2)c1. The minimum Gasteiger partial charge on any atom is -0.377 e. The average molecular weight is 316 g/mol. The second-order valence-electron chi connectivity index (χ2n) is 4.83. The fraction of sp³-hybridized carbons (Fsp3) is 0.571. The van der Waals surface area contributed by atoms with Crippen molar-refractivity contribution in [3.8, 4) is 0 Å². The van der Waals surface area contributed by atoms with E-state index >= 15 is 0 Å². The van der Waals surface area contributed by atoms with Crippen molar-refractivity contribution < 1.29 is 9.13 Å². The molecule has 2 rings (SSSR count). The van der Waals surface area contributed by atoms with Gasteiger partial charge in [-0.3, -0.25) is 0 Å². The Bertz CT molecular complexity index is 360. The second-order valence-corrected chi connectivity index (χ2v) is 5.75. The molecule has 100 valence electrons. The number of hydrogen-bond acceptors (Lipinski definition) is 2. The lowest BCUT2D eigenvalue weighted by molar-refractivity contribution is 0.103. The molecule has 1 atom stereocenters. The van der Waals surface area contributed by atoms with Crippen molar-refractivity contribution in [1.82, 2.24) is 5.32 Å². The Morgan fingerprint density at radius 3 is 3.00 bits per heavy atom. The summed E-state index contributed by atoms with van der Waals surface area (Å²) in [7, 11) is 0. The fourth-order valence-electron chi connectivity index (χ4n) is 2.30. The van der Waals surface area contributed by atoms with Gasteiger partial charge in [-0.25, -0.2) is 4.39 Å². The molecule has 1 aliphatic heterocycles. The monoisotopic (exact) mass is 315 g/mol. The van der Waals surface area contributed by atoms with Crippen LogP contribution in [0.3, 0.4) is 0 Å². The summed E-state index contributed by atoms with van der Waals surface area (Å²) in [5, 5.41) is 3.40. The molecule has 1 heterocycles. The Kier molecular flexibility index (Phi) is 5.60. The highest BCUT2D eigenvalue weighted by Crippen LogP contribution is 2.17. The van der Waals surface area contributed by atoms with E-state index in [9.17, 15) is 4.39 Å². The highest BCUT2D eigenvalue weighted by Gasteiger charge is 2.12. The maximum atomic E-state index is 13.1. The van der Waals surface area contributed by atoms with Crippen LogP contribution in [0.1, 0.15) is 24.8 Å². The zero-order valence-electron chi connectivity index (χ0n) is 10.4. The van der Waals surface area contributed by atoms with Crippen LogP contribution >= 0.6 is 15.9 Å². The number of hydrogen-bond donors (Lipinski definition) is 1. The Labute approximate surface area is 116 Å². The predicted molar refractivity (Wildman–Crippen MR) is 74.0 cm³/mol. The molecule has 0 saturated carbocycles. The lowest BCUT2D eigenvalue weighted by Crippen LogP contribution is -2.30. The first-order chi connectivity index (χ1) is 8.74. The lowest BCUT2D eigenvalue weighted by Gasteiger charge is -2.22. The van der Waals surface area contributed by atoms with Gasteiger partial charge in [-0.1, -0.05) is 15.9 Å². The quantitative estimate of drug-likeness (QED) is 0.840. The van der Waals surface area contributed by atoms with Gasteiger partial charge in [0.15, 0.2) is 0 Å². The van der Waals surface area contributed by atoms with Gasteiger partial charge in [0.2, 0.25) is 0 Å². The van der Waals surface area contributed by atoms with Crippen LogP contribution in [-0.4, -0.2) is 19.7 Å². The van der Waals surface area contributed by atoms with Crippen molar-refractivity contribution in [3.05, 3.63) is 34.1 Å². The summed E-state index contributed by atoms with van der Waals surface area (Å²) in [6.07, 6.45) is 3.65. The summed E-state index contributed by atoms with van der Waals surface area (Å²) in [4.78, 5) is 0. The Balaban J connectivity index is 1.68. The van der Waals surface area contributed by atoms with Crippen molar-refractivity contribution in [2.75, 3.05) is 19.7 Å². The van der Waals surface area contributed by atoms with E-state index in [2.05, 4.69) is 21.2 Å². The largest absolute Gasteiger partial charge is 0.377 e. The summed E-state index contributed by atoms with van der Waals surface area (Å²) in [5.41, 5.74) is 0.878. The van der Waals surface area contributed by atoms with Crippen LogP contribution in [0, 0.1) is 11.7 Å². The van der Waals surface area contributed by atoms with Gasteiger partial charge in [-0.15, -0.1) is 0 Å². The van der Waals surface area contributed by atoms with E-state index in [1.807, 2.05) is 6.07 Å². The third-order valence-corrected chi connectivity index (χ3v) is 3.72. The van der Waals surface area contributed by atoms with E-state index in [0.29, 0.717) is 6.61 Å². The Morgan fingerprint density at radius 2 is 2.28 bits per heavy atom. The third kappa shape index (κ3) is 4.67. The molecule has 1 saturated heterocycles. The van der Waals surface area contributed by atoms with E-state index in [1.54, 1.807) is 0 Å². The van der Waals surface area contributed by atoms with Crippen LogP contribution in [0.25, 0.3) is 0 Å². The van der Waals surface area contributed by atoms with E-state index < -0.39 is 0 Å². The van der Waals surface area contributed by atoms with E-state index in [1.165, 1.54) is 25.0 Å². The summed E-state index contributed by atoms with van der Waals surface area (Å²) >= 11 is 3.28. The van der Waals surface area contributed by atoms with Gasteiger partial charge in [-0.2, -0.15) is 0 Å². The molecular weight excluding hydrogens is 297 g/mol. The standard InChI is InChI=1S/C14H19BrFNO/c15-13-6-12(7-14(16)8-13)10-18-5-3-11-2-1-4-17-9-11/h6-8,11,17H,1-5,9-10H2. The van der Waals surface area contributed by atoms with Crippen molar-refractivity contribution in [2.24, 2.45) is 5.92 Å². The van der Waals surface area contributed by atoms with Gasteiger partial charge in [0.05, 0.1) is 6.61 Å². The number of piperidine rings is 1. The van der Waals surface area contributed by atoms with Crippen LogP contribution in [0.15, 0.2) is 22.7 Å². The summed E-state index contributed by atoms with van der Waals surface area (Å²) in [6, 6.07) is 4.87. The Hall–Kier alpha value is -0.450. The summed E-state index contributed by atoms with van der Waals surface area (Å²) < 4.78 is 19.5. The number of benzene rings is 1. The minimum absolute atomic E-state index is 0.223. The molecule has 1 aromatic carbocycles. The highest BCUT2D eigenvalue weighted by atomic mass is 79.9. The van der Waals surface area contributed by atoms with Gasteiger partial charge in [0.25, 0.3) is 0 Å². The normalized spacial score (nSPS) is 20.0. The van der Waals surface area contributed by atoms with Crippen LogP contribution in [0.2, 0.25) is 0 Å². The van der Waals surface area contributed by atoms with Gasteiger partial charge in [0.1, 0.15) is 5.82 Å². The first-order valence-electron chi connectivity index (χ1n) is 6.47. The average Bonchev–Trinajstić information content (AvgIpc) is 2.35. The highest BCUT2D eigenvalue weighted by molar-refractivity contribution is 9.10. The molecule has 0 amide bonds. The van der Waals surface area contributed by atoms with Crippen LogP contribution in [0.5, 0.6) is 0 Å². The second kappa shape index (κ2) is 7.22.